The quantitative estimate of drug-likeness (QED) is 0.748. The number of aromatic nitrogens is 1. The molecule has 0 aromatic carbocycles. The van der Waals surface area contributed by atoms with Crippen molar-refractivity contribution in [3.8, 4) is 5.88 Å². The van der Waals surface area contributed by atoms with Gasteiger partial charge in [-0.25, -0.2) is 4.98 Å². The molecule has 1 rings (SSSR count). The minimum atomic E-state index is -0.161. The zero-order valence-electron chi connectivity index (χ0n) is 9.58. The fourth-order valence-electron chi connectivity index (χ4n) is 1.36. The molecule has 3 nitrogen and oxygen atoms in total. The van der Waals surface area contributed by atoms with Gasteiger partial charge in [-0.1, -0.05) is 37.8 Å². The number of aliphatic hydroxyl groups is 1. The van der Waals surface area contributed by atoms with Gasteiger partial charge in [0.05, 0.1) is 23.9 Å². The largest absolute Gasteiger partial charge is 0.478 e. The van der Waals surface area contributed by atoms with Crippen LogP contribution in [0.25, 0.3) is 0 Å². The summed E-state index contributed by atoms with van der Waals surface area (Å²) in [4.78, 5) is 4.10. The highest BCUT2D eigenvalue weighted by Crippen LogP contribution is 2.18. The molecule has 0 bridgehead atoms. The number of rotatable bonds is 7. The van der Waals surface area contributed by atoms with Gasteiger partial charge in [0.2, 0.25) is 5.88 Å². The van der Waals surface area contributed by atoms with E-state index in [2.05, 4.69) is 11.9 Å². The molecular weight excluding hydrogens is 226 g/mol. The minimum absolute atomic E-state index is 0.161. The van der Waals surface area contributed by atoms with Crippen LogP contribution < -0.4 is 4.74 Å². The summed E-state index contributed by atoms with van der Waals surface area (Å²) in [6.45, 7) is 2.68. The Hall–Kier alpha value is -0.800. The maximum absolute atomic E-state index is 8.98. The maximum Gasteiger partial charge on any atom is 0.213 e. The van der Waals surface area contributed by atoms with E-state index in [-0.39, 0.29) is 6.61 Å². The number of unbranched alkanes of at least 4 members (excludes halogenated alkanes) is 3. The van der Waals surface area contributed by atoms with E-state index in [0.717, 1.165) is 6.42 Å². The van der Waals surface area contributed by atoms with E-state index < -0.39 is 0 Å². The van der Waals surface area contributed by atoms with E-state index in [1.165, 1.54) is 19.3 Å². The molecular formula is C12H18ClNO2. The zero-order valence-corrected chi connectivity index (χ0v) is 10.3. The van der Waals surface area contributed by atoms with Gasteiger partial charge < -0.3 is 9.84 Å². The highest BCUT2D eigenvalue weighted by molar-refractivity contribution is 6.31. The molecule has 0 unspecified atom stereocenters. The van der Waals surface area contributed by atoms with Gasteiger partial charge >= 0.3 is 0 Å². The van der Waals surface area contributed by atoms with Gasteiger partial charge in [0, 0.05) is 6.07 Å². The first-order chi connectivity index (χ1) is 7.77. The molecule has 0 radical (unpaired) electrons. The van der Waals surface area contributed by atoms with Crippen molar-refractivity contribution in [2.75, 3.05) is 6.61 Å². The van der Waals surface area contributed by atoms with Gasteiger partial charge in [-0.3, -0.25) is 0 Å². The molecule has 0 amide bonds. The normalized spacial score (nSPS) is 10.4. The van der Waals surface area contributed by atoms with E-state index in [9.17, 15) is 0 Å². The predicted molar refractivity (Wildman–Crippen MR) is 64.8 cm³/mol. The lowest BCUT2D eigenvalue weighted by Gasteiger charge is -2.06. The molecule has 0 aliphatic rings. The van der Waals surface area contributed by atoms with Crippen LogP contribution in [0.3, 0.4) is 0 Å². The minimum Gasteiger partial charge on any atom is -0.478 e. The Morgan fingerprint density at radius 1 is 1.31 bits per heavy atom. The summed E-state index contributed by atoms with van der Waals surface area (Å²) in [7, 11) is 0. The SMILES string of the molecule is CCCCCCOc1ccc(Cl)c(CO)n1. The summed E-state index contributed by atoms with van der Waals surface area (Å²) in [5.41, 5.74) is 0.465. The van der Waals surface area contributed by atoms with Crippen LogP contribution in [0.15, 0.2) is 12.1 Å². The first kappa shape index (κ1) is 13.3. The van der Waals surface area contributed by atoms with Crippen LogP contribution in [-0.4, -0.2) is 16.7 Å². The third-order valence-electron chi connectivity index (χ3n) is 2.29. The summed E-state index contributed by atoms with van der Waals surface area (Å²) in [6, 6.07) is 3.42. The molecule has 1 N–H and O–H groups in total. The van der Waals surface area contributed by atoms with Crippen molar-refractivity contribution >= 4 is 11.6 Å². The Balaban J connectivity index is 2.36. The Morgan fingerprint density at radius 3 is 2.81 bits per heavy atom. The van der Waals surface area contributed by atoms with E-state index in [4.69, 9.17) is 21.4 Å². The fourth-order valence-corrected chi connectivity index (χ4v) is 1.53. The fraction of sp³-hybridized carbons (Fsp3) is 0.583. The van der Waals surface area contributed by atoms with Crippen molar-refractivity contribution in [2.45, 2.75) is 39.2 Å². The third-order valence-corrected chi connectivity index (χ3v) is 2.63. The predicted octanol–water partition coefficient (Wildman–Crippen LogP) is 3.19. The third kappa shape index (κ3) is 4.37. The highest BCUT2D eigenvalue weighted by atomic mass is 35.5. The van der Waals surface area contributed by atoms with Crippen molar-refractivity contribution in [2.24, 2.45) is 0 Å². The average Bonchev–Trinajstić information content (AvgIpc) is 2.31. The molecule has 0 aliphatic heterocycles. The molecule has 0 aliphatic carbocycles. The number of pyridine rings is 1. The molecule has 0 atom stereocenters. The van der Waals surface area contributed by atoms with Crippen molar-refractivity contribution in [1.82, 2.24) is 4.98 Å². The molecule has 0 spiro atoms. The summed E-state index contributed by atoms with van der Waals surface area (Å²) in [5.74, 6) is 0.532. The van der Waals surface area contributed by atoms with Crippen LogP contribution >= 0.6 is 11.6 Å². The number of nitrogens with zero attached hydrogens (tertiary/aromatic N) is 1. The number of hydrogen-bond donors (Lipinski definition) is 1. The lowest BCUT2D eigenvalue weighted by Crippen LogP contribution is -2.01. The van der Waals surface area contributed by atoms with Gasteiger partial charge in [0.1, 0.15) is 0 Å². The molecule has 0 saturated heterocycles. The average molecular weight is 244 g/mol. The monoisotopic (exact) mass is 243 g/mol. The molecule has 16 heavy (non-hydrogen) atoms. The number of hydrogen-bond acceptors (Lipinski definition) is 3. The summed E-state index contributed by atoms with van der Waals surface area (Å²) >= 11 is 5.82. The lowest BCUT2D eigenvalue weighted by molar-refractivity contribution is 0.266. The second-order valence-electron chi connectivity index (χ2n) is 3.65. The molecule has 1 aromatic heterocycles. The summed E-state index contributed by atoms with van der Waals surface area (Å²) in [6.07, 6.45) is 4.66. The summed E-state index contributed by atoms with van der Waals surface area (Å²) < 4.78 is 5.47. The van der Waals surface area contributed by atoms with E-state index in [1.54, 1.807) is 12.1 Å². The van der Waals surface area contributed by atoms with Crippen LogP contribution in [-0.2, 0) is 6.61 Å². The molecule has 4 heteroatoms. The summed E-state index contributed by atoms with van der Waals surface area (Å²) in [5, 5.41) is 9.45. The molecule has 0 saturated carbocycles. The zero-order chi connectivity index (χ0) is 11.8. The smallest absolute Gasteiger partial charge is 0.213 e. The Bertz CT molecular complexity index is 318. The first-order valence-corrected chi connectivity index (χ1v) is 6.04. The van der Waals surface area contributed by atoms with Gasteiger partial charge in [-0.15, -0.1) is 0 Å². The lowest BCUT2D eigenvalue weighted by atomic mass is 10.2. The van der Waals surface area contributed by atoms with Crippen molar-refractivity contribution in [3.63, 3.8) is 0 Å². The first-order valence-electron chi connectivity index (χ1n) is 5.67. The number of ether oxygens (including phenoxy) is 1. The maximum atomic E-state index is 8.98. The Kier molecular flexibility index (Phi) is 6.19. The second kappa shape index (κ2) is 7.47. The van der Waals surface area contributed by atoms with E-state index >= 15 is 0 Å². The van der Waals surface area contributed by atoms with E-state index in [0.29, 0.717) is 23.2 Å². The molecule has 0 fully saturated rings. The Labute approximate surface area is 101 Å². The van der Waals surface area contributed by atoms with Gasteiger partial charge in [0.25, 0.3) is 0 Å². The van der Waals surface area contributed by atoms with Gasteiger partial charge in [-0.05, 0) is 12.5 Å². The van der Waals surface area contributed by atoms with Crippen LogP contribution in [0.2, 0.25) is 5.02 Å². The van der Waals surface area contributed by atoms with E-state index in [1.807, 2.05) is 0 Å². The molecule has 90 valence electrons. The van der Waals surface area contributed by atoms with Crippen molar-refractivity contribution in [1.29, 1.82) is 0 Å². The number of aliphatic hydroxyl groups excluding tert-OH is 1. The van der Waals surface area contributed by atoms with Crippen molar-refractivity contribution in [3.05, 3.63) is 22.8 Å². The Morgan fingerprint density at radius 2 is 2.12 bits per heavy atom. The van der Waals surface area contributed by atoms with Crippen molar-refractivity contribution < 1.29 is 9.84 Å². The van der Waals surface area contributed by atoms with Crippen LogP contribution in [0.4, 0.5) is 0 Å². The van der Waals surface area contributed by atoms with Gasteiger partial charge in [-0.2, -0.15) is 0 Å². The molecule has 1 heterocycles. The topological polar surface area (TPSA) is 42.4 Å². The van der Waals surface area contributed by atoms with Crippen LogP contribution in [0.1, 0.15) is 38.3 Å². The standard InChI is InChI=1S/C12H18ClNO2/c1-2-3-4-5-8-16-12-7-6-10(13)11(9-15)14-12/h6-7,15H,2-5,8-9H2,1H3. The second-order valence-corrected chi connectivity index (χ2v) is 4.05. The molecule has 1 aromatic rings. The number of halogens is 1. The highest BCUT2D eigenvalue weighted by Gasteiger charge is 2.03. The van der Waals surface area contributed by atoms with Gasteiger partial charge in [0.15, 0.2) is 0 Å². The van der Waals surface area contributed by atoms with Crippen LogP contribution in [0.5, 0.6) is 5.88 Å². The van der Waals surface area contributed by atoms with Crippen LogP contribution in [0, 0.1) is 0 Å².